The van der Waals surface area contributed by atoms with E-state index < -0.39 is 0 Å². The SMILES string of the molecule is Cc1ccc(-c2nnn(CC(=O)N3CCCC3c3ccc4c(c3)OCCO4)n2)cc1. The molecule has 0 aliphatic carbocycles. The molecule has 5 rings (SSSR count). The first-order valence-electron chi connectivity index (χ1n) is 10.2. The number of aryl methyl sites for hydroxylation is 1. The molecule has 0 N–H and O–H groups in total. The summed E-state index contributed by atoms with van der Waals surface area (Å²) in [4.78, 5) is 16.3. The molecule has 154 valence electrons. The fraction of sp³-hybridized carbons (Fsp3) is 0.364. The van der Waals surface area contributed by atoms with Crippen molar-refractivity contribution in [2.75, 3.05) is 19.8 Å². The van der Waals surface area contributed by atoms with E-state index in [0.29, 0.717) is 19.0 Å². The van der Waals surface area contributed by atoms with Crippen LogP contribution in [0.15, 0.2) is 42.5 Å². The highest BCUT2D eigenvalue weighted by Gasteiger charge is 2.31. The highest BCUT2D eigenvalue weighted by molar-refractivity contribution is 5.76. The lowest BCUT2D eigenvalue weighted by Gasteiger charge is -2.26. The zero-order chi connectivity index (χ0) is 20.5. The number of hydrogen-bond donors (Lipinski definition) is 0. The van der Waals surface area contributed by atoms with E-state index in [-0.39, 0.29) is 18.5 Å². The molecule has 1 aromatic heterocycles. The molecule has 30 heavy (non-hydrogen) atoms. The van der Waals surface area contributed by atoms with Crippen LogP contribution in [-0.2, 0) is 11.3 Å². The number of rotatable bonds is 4. The molecule has 0 saturated carbocycles. The van der Waals surface area contributed by atoms with E-state index in [1.165, 1.54) is 10.4 Å². The van der Waals surface area contributed by atoms with Crippen molar-refractivity contribution >= 4 is 5.91 Å². The normalized spacial score (nSPS) is 17.9. The van der Waals surface area contributed by atoms with Crippen LogP contribution < -0.4 is 9.47 Å². The zero-order valence-electron chi connectivity index (χ0n) is 16.8. The minimum atomic E-state index is -0.0137. The lowest BCUT2D eigenvalue weighted by atomic mass is 10.0. The minimum Gasteiger partial charge on any atom is -0.486 e. The maximum absolute atomic E-state index is 13.0. The van der Waals surface area contributed by atoms with Gasteiger partial charge in [0, 0.05) is 12.1 Å². The molecular formula is C22H23N5O3. The molecule has 8 heteroatoms. The molecule has 2 aliphatic heterocycles. The monoisotopic (exact) mass is 405 g/mol. The van der Waals surface area contributed by atoms with Gasteiger partial charge in [0.2, 0.25) is 11.7 Å². The number of benzene rings is 2. The average molecular weight is 405 g/mol. The molecule has 1 atom stereocenters. The van der Waals surface area contributed by atoms with Gasteiger partial charge >= 0.3 is 0 Å². The Labute approximate surface area is 174 Å². The molecule has 1 saturated heterocycles. The number of carbonyl (C=O) groups excluding carboxylic acids is 1. The summed E-state index contributed by atoms with van der Waals surface area (Å²) >= 11 is 0. The fourth-order valence-corrected chi connectivity index (χ4v) is 4.02. The van der Waals surface area contributed by atoms with Crippen LogP contribution in [0.25, 0.3) is 11.4 Å². The summed E-state index contributed by atoms with van der Waals surface area (Å²) in [6.07, 6.45) is 1.88. The molecule has 2 aromatic carbocycles. The number of carbonyl (C=O) groups is 1. The number of aromatic nitrogens is 4. The molecule has 0 bridgehead atoms. The molecule has 3 heterocycles. The topological polar surface area (TPSA) is 82.4 Å². The van der Waals surface area contributed by atoms with Gasteiger partial charge in [0.25, 0.3) is 0 Å². The van der Waals surface area contributed by atoms with Crippen LogP contribution >= 0.6 is 0 Å². The third-order valence-corrected chi connectivity index (χ3v) is 5.56. The van der Waals surface area contributed by atoms with E-state index in [4.69, 9.17) is 9.47 Å². The second kappa shape index (κ2) is 7.78. The summed E-state index contributed by atoms with van der Waals surface area (Å²) in [6.45, 7) is 3.93. The number of amides is 1. The van der Waals surface area contributed by atoms with Gasteiger partial charge in [0.15, 0.2) is 11.5 Å². The van der Waals surface area contributed by atoms with E-state index in [1.807, 2.05) is 54.3 Å². The summed E-state index contributed by atoms with van der Waals surface area (Å²) in [7, 11) is 0. The Kier molecular flexibility index (Phi) is 4.82. The Morgan fingerprint density at radius 3 is 2.73 bits per heavy atom. The largest absolute Gasteiger partial charge is 0.486 e. The van der Waals surface area contributed by atoms with E-state index in [2.05, 4.69) is 15.4 Å². The van der Waals surface area contributed by atoms with Gasteiger partial charge < -0.3 is 14.4 Å². The van der Waals surface area contributed by atoms with Crippen molar-refractivity contribution in [2.24, 2.45) is 0 Å². The van der Waals surface area contributed by atoms with Crippen molar-refractivity contribution < 1.29 is 14.3 Å². The standard InChI is InChI=1S/C22H23N5O3/c1-15-4-6-16(7-5-15)22-23-25-27(24-22)14-21(28)26-10-2-3-18(26)17-8-9-19-20(13-17)30-12-11-29-19/h4-9,13,18H,2-3,10-12,14H2,1H3. The Balaban J connectivity index is 1.30. The number of fused-ring (bicyclic) bond motifs is 1. The van der Waals surface area contributed by atoms with Crippen LogP contribution in [0.4, 0.5) is 0 Å². The zero-order valence-corrected chi connectivity index (χ0v) is 16.8. The van der Waals surface area contributed by atoms with E-state index >= 15 is 0 Å². The van der Waals surface area contributed by atoms with Crippen LogP contribution in [0.5, 0.6) is 11.5 Å². The summed E-state index contributed by atoms with van der Waals surface area (Å²) in [5, 5.41) is 12.6. The number of hydrogen-bond acceptors (Lipinski definition) is 6. The van der Waals surface area contributed by atoms with Crippen LogP contribution in [-0.4, -0.2) is 50.8 Å². The molecule has 3 aromatic rings. The molecule has 1 fully saturated rings. The van der Waals surface area contributed by atoms with Gasteiger partial charge in [-0.2, -0.15) is 4.80 Å². The quantitative estimate of drug-likeness (QED) is 0.664. The first kappa shape index (κ1) is 18.6. The average Bonchev–Trinajstić information content (AvgIpc) is 3.44. The van der Waals surface area contributed by atoms with Gasteiger partial charge in [-0.15, -0.1) is 10.2 Å². The molecule has 0 spiro atoms. The summed E-state index contributed by atoms with van der Waals surface area (Å²) in [6, 6.07) is 13.9. The third kappa shape index (κ3) is 3.60. The van der Waals surface area contributed by atoms with Crippen molar-refractivity contribution in [3.8, 4) is 22.9 Å². The van der Waals surface area contributed by atoms with Crippen LogP contribution in [0, 0.1) is 6.92 Å². The Hall–Kier alpha value is -3.42. The smallest absolute Gasteiger partial charge is 0.246 e. The number of tetrazole rings is 1. The van der Waals surface area contributed by atoms with Gasteiger partial charge in [-0.3, -0.25) is 4.79 Å². The summed E-state index contributed by atoms with van der Waals surface area (Å²) < 4.78 is 11.3. The van der Waals surface area contributed by atoms with Crippen LogP contribution in [0.1, 0.15) is 30.0 Å². The van der Waals surface area contributed by atoms with Crippen molar-refractivity contribution in [3.05, 3.63) is 53.6 Å². The van der Waals surface area contributed by atoms with E-state index in [0.717, 1.165) is 42.0 Å². The van der Waals surface area contributed by atoms with Gasteiger partial charge in [-0.1, -0.05) is 35.9 Å². The molecular weight excluding hydrogens is 382 g/mol. The molecule has 1 unspecified atom stereocenters. The lowest BCUT2D eigenvalue weighted by molar-refractivity contribution is -0.133. The molecule has 2 aliphatic rings. The number of ether oxygens (including phenoxy) is 2. The first-order chi connectivity index (χ1) is 14.7. The van der Waals surface area contributed by atoms with Crippen molar-refractivity contribution in [2.45, 2.75) is 32.4 Å². The lowest BCUT2D eigenvalue weighted by Crippen LogP contribution is -2.34. The molecule has 0 radical (unpaired) electrons. The Morgan fingerprint density at radius 1 is 1.10 bits per heavy atom. The van der Waals surface area contributed by atoms with Crippen molar-refractivity contribution in [3.63, 3.8) is 0 Å². The van der Waals surface area contributed by atoms with E-state index in [1.54, 1.807) is 0 Å². The summed E-state index contributed by atoms with van der Waals surface area (Å²) in [5.74, 6) is 2.02. The second-order valence-electron chi connectivity index (χ2n) is 7.66. The Morgan fingerprint density at radius 2 is 1.90 bits per heavy atom. The molecule has 1 amide bonds. The fourth-order valence-electron chi connectivity index (χ4n) is 4.02. The Bertz CT molecular complexity index is 1060. The van der Waals surface area contributed by atoms with Gasteiger partial charge in [0.05, 0.1) is 6.04 Å². The van der Waals surface area contributed by atoms with Crippen molar-refractivity contribution in [1.82, 2.24) is 25.1 Å². The van der Waals surface area contributed by atoms with Crippen LogP contribution in [0.2, 0.25) is 0 Å². The second-order valence-corrected chi connectivity index (χ2v) is 7.66. The maximum Gasteiger partial charge on any atom is 0.246 e. The number of likely N-dealkylation sites (tertiary alicyclic amines) is 1. The van der Waals surface area contributed by atoms with E-state index in [9.17, 15) is 4.79 Å². The minimum absolute atomic E-state index is 0.0137. The highest BCUT2D eigenvalue weighted by Crippen LogP contribution is 2.38. The van der Waals surface area contributed by atoms with Gasteiger partial charge in [0.1, 0.15) is 19.8 Å². The maximum atomic E-state index is 13.0. The predicted octanol–water partition coefficient (Wildman–Crippen LogP) is 2.78. The molecule has 8 nitrogen and oxygen atoms in total. The predicted molar refractivity (Wildman–Crippen MR) is 109 cm³/mol. The van der Waals surface area contributed by atoms with Crippen LogP contribution in [0.3, 0.4) is 0 Å². The highest BCUT2D eigenvalue weighted by atomic mass is 16.6. The third-order valence-electron chi connectivity index (χ3n) is 5.56. The van der Waals surface area contributed by atoms with Gasteiger partial charge in [-0.05, 0) is 42.7 Å². The van der Waals surface area contributed by atoms with Gasteiger partial charge in [-0.25, -0.2) is 0 Å². The first-order valence-corrected chi connectivity index (χ1v) is 10.2. The van der Waals surface area contributed by atoms with Crippen molar-refractivity contribution in [1.29, 1.82) is 0 Å². The summed E-state index contributed by atoms with van der Waals surface area (Å²) in [5.41, 5.74) is 3.12. The number of nitrogens with zero attached hydrogens (tertiary/aromatic N) is 5.